The number of amides is 2. The van der Waals surface area contributed by atoms with Crippen LogP contribution in [0.25, 0.3) is 0 Å². The lowest BCUT2D eigenvalue weighted by Gasteiger charge is -2.14. The largest absolute Gasteiger partial charge is 0.346 e. The van der Waals surface area contributed by atoms with Crippen LogP contribution in [-0.2, 0) is 0 Å². The number of carbonyl (C=O) groups excluding carboxylic acids is 2. The molecule has 0 aliphatic rings. The number of hydrogen-bond acceptors (Lipinski definition) is 2. The fourth-order valence-corrected chi connectivity index (χ4v) is 2.61. The van der Waals surface area contributed by atoms with Crippen LogP contribution in [0.4, 0.5) is 10.1 Å². The van der Waals surface area contributed by atoms with E-state index in [4.69, 9.17) is 0 Å². The summed E-state index contributed by atoms with van der Waals surface area (Å²) in [5, 5.41) is 5.66. The summed E-state index contributed by atoms with van der Waals surface area (Å²) >= 11 is 0. The van der Waals surface area contributed by atoms with Gasteiger partial charge in [0.1, 0.15) is 5.82 Å². The van der Waals surface area contributed by atoms with Crippen molar-refractivity contribution >= 4 is 17.5 Å². The number of benzene rings is 3. The number of anilines is 1. The van der Waals surface area contributed by atoms with Gasteiger partial charge in [0.25, 0.3) is 11.8 Å². The van der Waals surface area contributed by atoms with Crippen molar-refractivity contribution in [2.45, 2.75) is 13.0 Å². The molecular weight excluding hydrogens is 343 g/mol. The van der Waals surface area contributed by atoms with Crippen molar-refractivity contribution in [3.8, 4) is 0 Å². The van der Waals surface area contributed by atoms with Crippen LogP contribution < -0.4 is 10.6 Å². The highest BCUT2D eigenvalue weighted by molar-refractivity contribution is 6.04. The van der Waals surface area contributed by atoms with Gasteiger partial charge < -0.3 is 10.6 Å². The van der Waals surface area contributed by atoms with Gasteiger partial charge in [0.2, 0.25) is 0 Å². The fourth-order valence-electron chi connectivity index (χ4n) is 2.61. The van der Waals surface area contributed by atoms with Crippen LogP contribution >= 0.6 is 0 Å². The van der Waals surface area contributed by atoms with Gasteiger partial charge in [0.05, 0.1) is 6.04 Å². The van der Waals surface area contributed by atoms with Crippen molar-refractivity contribution in [3.63, 3.8) is 0 Å². The van der Waals surface area contributed by atoms with E-state index in [9.17, 15) is 14.0 Å². The average Bonchev–Trinajstić information content (AvgIpc) is 2.69. The molecule has 3 rings (SSSR count). The molecule has 0 bridgehead atoms. The number of hydrogen-bond donors (Lipinski definition) is 2. The Kier molecular flexibility index (Phi) is 5.61. The second kappa shape index (κ2) is 8.27. The van der Waals surface area contributed by atoms with Crippen molar-refractivity contribution in [1.29, 1.82) is 0 Å². The highest BCUT2D eigenvalue weighted by Crippen LogP contribution is 2.15. The Bertz CT molecular complexity index is 923. The molecule has 0 radical (unpaired) electrons. The predicted octanol–water partition coefficient (Wildman–Crippen LogP) is 4.57. The van der Waals surface area contributed by atoms with Gasteiger partial charge in [-0.2, -0.15) is 0 Å². The minimum absolute atomic E-state index is 0.114. The number of halogens is 1. The van der Waals surface area contributed by atoms with Gasteiger partial charge in [0, 0.05) is 16.8 Å². The molecule has 5 heteroatoms. The summed E-state index contributed by atoms with van der Waals surface area (Å²) in [5.74, 6) is -0.931. The summed E-state index contributed by atoms with van der Waals surface area (Å²) in [6, 6.07) is 21.5. The molecular formula is C22H19FN2O2. The Morgan fingerprint density at radius 2 is 1.33 bits per heavy atom. The molecule has 0 saturated carbocycles. The highest BCUT2D eigenvalue weighted by Gasteiger charge is 2.12. The van der Waals surface area contributed by atoms with Gasteiger partial charge in [-0.25, -0.2) is 4.39 Å². The summed E-state index contributed by atoms with van der Waals surface area (Å²) in [7, 11) is 0. The van der Waals surface area contributed by atoms with E-state index in [0.29, 0.717) is 16.8 Å². The molecule has 0 aliphatic carbocycles. The second-order valence-electron chi connectivity index (χ2n) is 6.14. The van der Waals surface area contributed by atoms with E-state index in [1.54, 1.807) is 24.3 Å². The minimum atomic E-state index is -0.397. The lowest BCUT2D eigenvalue weighted by molar-refractivity contribution is 0.0939. The van der Waals surface area contributed by atoms with Gasteiger partial charge in [-0.15, -0.1) is 0 Å². The zero-order chi connectivity index (χ0) is 19.2. The van der Waals surface area contributed by atoms with E-state index in [1.807, 2.05) is 37.3 Å². The minimum Gasteiger partial charge on any atom is -0.346 e. The monoisotopic (exact) mass is 362 g/mol. The second-order valence-corrected chi connectivity index (χ2v) is 6.14. The lowest BCUT2D eigenvalue weighted by Crippen LogP contribution is -2.26. The summed E-state index contributed by atoms with van der Waals surface area (Å²) in [5.41, 5.74) is 2.43. The lowest BCUT2D eigenvalue weighted by atomic mass is 10.1. The number of carbonyl (C=O) groups is 2. The smallest absolute Gasteiger partial charge is 0.255 e. The molecule has 27 heavy (non-hydrogen) atoms. The molecule has 1 atom stereocenters. The van der Waals surface area contributed by atoms with E-state index in [2.05, 4.69) is 10.6 Å². The topological polar surface area (TPSA) is 58.2 Å². The molecule has 1 unspecified atom stereocenters. The molecule has 2 amide bonds. The fraction of sp³-hybridized carbons (Fsp3) is 0.0909. The van der Waals surface area contributed by atoms with Crippen LogP contribution in [0.5, 0.6) is 0 Å². The molecule has 0 aromatic heterocycles. The summed E-state index contributed by atoms with van der Waals surface area (Å²) in [6.07, 6.45) is 0. The molecule has 0 fully saturated rings. The molecule has 3 aromatic rings. The van der Waals surface area contributed by atoms with Crippen LogP contribution in [0.1, 0.15) is 39.2 Å². The van der Waals surface area contributed by atoms with E-state index in [0.717, 1.165) is 5.56 Å². The van der Waals surface area contributed by atoms with Crippen molar-refractivity contribution in [3.05, 3.63) is 101 Å². The summed E-state index contributed by atoms with van der Waals surface area (Å²) in [6.45, 7) is 1.92. The molecule has 2 N–H and O–H groups in total. The van der Waals surface area contributed by atoms with Crippen molar-refractivity contribution in [1.82, 2.24) is 5.32 Å². The third-order valence-corrected chi connectivity index (χ3v) is 4.16. The molecule has 136 valence electrons. The van der Waals surface area contributed by atoms with Crippen LogP contribution in [-0.4, -0.2) is 11.8 Å². The predicted molar refractivity (Wildman–Crippen MR) is 103 cm³/mol. The van der Waals surface area contributed by atoms with Gasteiger partial charge in [0.15, 0.2) is 0 Å². The third-order valence-electron chi connectivity index (χ3n) is 4.16. The molecule has 0 saturated heterocycles. The van der Waals surface area contributed by atoms with E-state index >= 15 is 0 Å². The number of nitrogens with one attached hydrogen (secondary N) is 2. The first-order valence-electron chi connectivity index (χ1n) is 8.56. The van der Waals surface area contributed by atoms with Crippen LogP contribution in [0.15, 0.2) is 78.9 Å². The molecule has 3 aromatic carbocycles. The third kappa shape index (κ3) is 4.79. The van der Waals surface area contributed by atoms with Crippen molar-refractivity contribution in [2.75, 3.05) is 5.32 Å². The van der Waals surface area contributed by atoms with Crippen LogP contribution in [0.3, 0.4) is 0 Å². The molecule has 0 aliphatic heterocycles. The maximum absolute atomic E-state index is 12.9. The zero-order valence-electron chi connectivity index (χ0n) is 14.8. The molecule has 4 nitrogen and oxygen atoms in total. The normalized spacial score (nSPS) is 11.5. The SMILES string of the molecule is CC(NC(=O)c1ccc(NC(=O)c2ccc(F)cc2)cc1)c1ccccc1. The zero-order valence-corrected chi connectivity index (χ0v) is 14.8. The highest BCUT2D eigenvalue weighted by atomic mass is 19.1. The first kappa shape index (κ1) is 18.3. The van der Waals surface area contributed by atoms with E-state index in [1.165, 1.54) is 24.3 Å². The van der Waals surface area contributed by atoms with Crippen LogP contribution in [0.2, 0.25) is 0 Å². The summed E-state index contributed by atoms with van der Waals surface area (Å²) < 4.78 is 12.9. The first-order chi connectivity index (χ1) is 13.0. The van der Waals surface area contributed by atoms with Gasteiger partial charge in [-0.3, -0.25) is 9.59 Å². The van der Waals surface area contributed by atoms with Gasteiger partial charge in [-0.1, -0.05) is 30.3 Å². The van der Waals surface area contributed by atoms with E-state index in [-0.39, 0.29) is 17.9 Å². The maximum atomic E-state index is 12.9. The molecule has 0 spiro atoms. The van der Waals surface area contributed by atoms with Crippen molar-refractivity contribution in [2.24, 2.45) is 0 Å². The first-order valence-corrected chi connectivity index (χ1v) is 8.56. The molecule has 0 heterocycles. The Labute approximate surface area is 157 Å². The average molecular weight is 362 g/mol. The van der Waals surface area contributed by atoms with E-state index < -0.39 is 5.82 Å². The van der Waals surface area contributed by atoms with Gasteiger partial charge >= 0.3 is 0 Å². The Morgan fingerprint density at radius 3 is 1.96 bits per heavy atom. The standard InChI is InChI=1S/C22H19FN2O2/c1-15(16-5-3-2-4-6-16)24-21(26)18-9-13-20(14-10-18)25-22(27)17-7-11-19(23)12-8-17/h2-15H,1H3,(H,24,26)(H,25,27). The van der Waals surface area contributed by atoms with Crippen LogP contribution in [0, 0.1) is 5.82 Å². The Hall–Kier alpha value is -3.47. The Morgan fingerprint density at radius 1 is 0.778 bits per heavy atom. The van der Waals surface area contributed by atoms with Gasteiger partial charge in [-0.05, 0) is 61.0 Å². The summed E-state index contributed by atoms with van der Waals surface area (Å²) in [4.78, 5) is 24.5. The Balaban J connectivity index is 1.61. The maximum Gasteiger partial charge on any atom is 0.255 e. The quantitative estimate of drug-likeness (QED) is 0.698. The number of rotatable bonds is 5. The van der Waals surface area contributed by atoms with Crippen molar-refractivity contribution < 1.29 is 14.0 Å².